The third kappa shape index (κ3) is 3.35. The van der Waals surface area contributed by atoms with E-state index in [9.17, 15) is 4.39 Å². The summed E-state index contributed by atoms with van der Waals surface area (Å²) in [6.45, 7) is 0. The maximum Gasteiger partial charge on any atom is 0.145 e. The third-order valence-electron chi connectivity index (χ3n) is 2.33. The van der Waals surface area contributed by atoms with Gasteiger partial charge in [-0.15, -0.1) is 0 Å². The molecule has 0 aliphatic carbocycles. The molecule has 19 heavy (non-hydrogen) atoms. The van der Waals surface area contributed by atoms with Gasteiger partial charge in [0.05, 0.1) is 10.6 Å². The minimum Gasteiger partial charge on any atom is -0.457 e. The number of hydrogen-bond donors (Lipinski definition) is 1. The van der Waals surface area contributed by atoms with Crippen LogP contribution in [0.5, 0.6) is 11.5 Å². The van der Waals surface area contributed by atoms with E-state index in [0.29, 0.717) is 22.1 Å². The predicted molar refractivity (Wildman–Crippen MR) is 78.8 cm³/mol. The minimum absolute atomic E-state index is 0.0259. The standard InChI is InChI=1S/C13H8Cl2FNOS/c14-7-1-4-12(9(5-7)13(17)19)18-8-2-3-10(15)11(16)6-8/h1-6H,(H2,17,19). The molecule has 2 aromatic carbocycles. The monoisotopic (exact) mass is 315 g/mol. The molecule has 0 bridgehead atoms. The highest BCUT2D eigenvalue weighted by Gasteiger charge is 2.10. The van der Waals surface area contributed by atoms with Crippen molar-refractivity contribution in [1.29, 1.82) is 0 Å². The summed E-state index contributed by atoms with van der Waals surface area (Å²) in [4.78, 5) is 0.145. The number of hydrogen-bond acceptors (Lipinski definition) is 2. The first-order chi connectivity index (χ1) is 8.97. The summed E-state index contributed by atoms with van der Waals surface area (Å²) in [7, 11) is 0. The Bertz CT molecular complexity index is 649. The predicted octanol–water partition coefficient (Wildman–Crippen LogP) is 4.56. The van der Waals surface area contributed by atoms with E-state index in [-0.39, 0.29) is 10.0 Å². The van der Waals surface area contributed by atoms with Crippen molar-refractivity contribution in [2.75, 3.05) is 0 Å². The lowest BCUT2D eigenvalue weighted by molar-refractivity contribution is 0.476. The quantitative estimate of drug-likeness (QED) is 0.843. The van der Waals surface area contributed by atoms with Crippen molar-refractivity contribution >= 4 is 40.4 Å². The van der Waals surface area contributed by atoms with E-state index in [0.717, 1.165) is 0 Å². The van der Waals surface area contributed by atoms with E-state index >= 15 is 0 Å². The first kappa shape index (κ1) is 14.1. The van der Waals surface area contributed by atoms with Gasteiger partial charge >= 0.3 is 0 Å². The summed E-state index contributed by atoms with van der Waals surface area (Å²) in [6, 6.07) is 8.96. The van der Waals surface area contributed by atoms with Gasteiger partial charge in [-0.3, -0.25) is 0 Å². The number of benzene rings is 2. The smallest absolute Gasteiger partial charge is 0.145 e. The average molecular weight is 316 g/mol. The van der Waals surface area contributed by atoms with E-state index in [4.69, 9.17) is 45.9 Å². The fourth-order valence-corrected chi connectivity index (χ4v) is 1.90. The van der Waals surface area contributed by atoms with Crippen LogP contribution in [0.4, 0.5) is 4.39 Å². The minimum atomic E-state index is -0.565. The highest BCUT2D eigenvalue weighted by molar-refractivity contribution is 7.80. The Labute approximate surface area is 124 Å². The highest BCUT2D eigenvalue weighted by atomic mass is 35.5. The lowest BCUT2D eigenvalue weighted by Crippen LogP contribution is -2.10. The van der Waals surface area contributed by atoms with Gasteiger partial charge in [0.1, 0.15) is 22.3 Å². The van der Waals surface area contributed by atoms with Crippen LogP contribution >= 0.6 is 35.4 Å². The van der Waals surface area contributed by atoms with Crippen molar-refractivity contribution in [3.63, 3.8) is 0 Å². The summed E-state index contributed by atoms with van der Waals surface area (Å²) < 4.78 is 18.9. The molecule has 0 aliphatic rings. The molecule has 0 spiro atoms. The van der Waals surface area contributed by atoms with Crippen LogP contribution < -0.4 is 10.5 Å². The molecule has 0 saturated carbocycles. The Hall–Kier alpha value is -1.36. The fourth-order valence-electron chi connectivity index (χ4n) is 1.45. The Morgan fingerprint density at radius 2 is 1.89 bits per heavy atom. The van der Waals surface area contributed by atoms with Gasteiger partial charge in [-0.25, -0.2) is 4.39 Å². The Kier molecular flexibility index (Phi) is 4.24. The van der Waals surface area contributed by atoms with Crippen molar-refractivity contribution in [3.05, 3.63) is 57.8 Å². The third-order valence-corrected chi connectivity index (χ3v) is 3.09. The summed E-state index contributed by atoms with van der Waals surface area (Å²) in [5, 5.41) is 0.510. The number of halogens is 3. The van der Waals surface area contributed by atoms with Gasteiger partial charge in [-0.05, 0) is 30.3 Å². The first-order valence-corrected chi connectivity index (χ1v) is 6.36. The summed E-state index contributed by atoms with van der Waals surface area (Å²) in [5.74, 6) is 0.130. The zero-order valence-corrected chi connectivity index (χ0v) is 11.8. The molecule has 2 rings (SSSR count). The van der Waals surface area contributed by atoms with Crippen LogP contribution in [-0.2, 0) is 0 Å². The van der Waals surface area contributed by atoms with E-state index < -0.39 is 5.82 Å². The first-order valence-electron chi connectivity index (χ1n) is 5.19. The molecule has 0 saturated heterocycles. The number of rotatable bonds is 3. The number of ether oxygens (including phenoxy) is 1. The fraction of sp³-hybridized carbons (Fsp3) is 0. The van der Waals surface area contributed by atoms with Crippen molar-refractivity contribution < 1.29 is 9.13 Å². The van der Waals surface area contributed by atoms with Crippen LogP contribution in [0.25, 0.3) is 0 Å². The van der Waals surface area contributed by atoms with Crippen molar-refractivity contribution in [2.45, 2.75) is 0 Å². The van der Waals surface area contributed by atoms with Gasteiger partial charge < -0.3 is 10.5 Å². The van der Waals surface area contributed by atoms with Crippen LogP contribution in [0.2, 0.25) is 10.0 Å². The molecule has 2 nitrogen and oxygen atoms in total. The molecule has 2 N–H and O–H groups in total. The number of nitrogens with two attached hydrogens (primary N) is 1. The Balaban J connectivity index is 2.37. The van der Waals surface area contributed by atoms with E-state index in [1.165, 1.54) is 12.1 Å². The van der Waals surface area contributed by atoms with E-state index in [1.807, 2.05) is 0 Å². The van der Waals surface area contributed by atoms with Crippen molar-refractivity contribution in [3.8, 4) is 11.5 Å². The van der Waals surface area contributed by atoms with E-state index in [1.54, 1.807) is 24.3 Å². The second-order valence-corrected chi connectivity index (χ2v) is 4.97. The molecular formula is C13H8Cl2FNOS. The van der Waals surface area contributed by atoms with Gasteiger partial charge in [-0.2, -0.15) is 0 Å². The van der Waals surface area contributed by atoms with Gasteiger partial charge in [-0.1, -0.05) is 35.4 Å². The van der Waals surface area contributed by atoms with Crippen molar-refractivity contribution in [1.82, 2.24) is 0 Å². The lowest BCUT2D eigenvalue weighted by atomic mass is 10.2. The molecule has 2 aromatic rings. The van der Waals surface area contributed by atoms with Crippen LogP contribution in [0.1, 0.15) is 5.56 Å². The molecular weight excluding hydrogens is 308 g/mol. The molecule has 0 atom stereocenters. The second kappa shape index (κ2) is 5.74. The Morgan fingerprint density at radius 3 is 2.53 bits per heavy atom. The molecule has 98 valence electrons. The van der Waals surface area contributed by atoms with Gasteiger partial charge in [0.2, 0.25) is 0 Å². The van der Waals surface area contributed by atoms with Crippen LogP contribution in [-0.4, -0.2) is 4.99 Å². The normalized spacial score (nSPS) is 10.3. The van der Waals surface area contributed by atoms with E-state index in [2.05, 4.69) is 0 Å². The number of thiocarbonyl (C=S) groups is 1. The highest BCUT2D eigenvalue weighted by Crippen LogP contribution is 2.29. The van der Waals surface area contributed by atoms with Gasteiger partial charge in [0, 0.05) is 11.1 Å². The van der Waals surface area contributed by atoms with Gasteiger partial charge in [0.25, 0.3) is 0 Å². The van der Waals surface area contributed by atoms with Crippen LogP contribution in [0.3, 0.4) is 0 Å². The molecule has 0 unspecified atom stereocenters. The summed E-state index contributed by atoms with van der Waals surface area (Å²) >= 11 is 16.4. The molecule has 0 aromatic heterocycles. The molecule has 0 fully saturated rings. The molecule has 0 radical (unpaired) electrons. The van der Waals surface area contributed by atoms with Gasteiger partial charge in [0.15, 0.2) is 0 Å². The molecule has 0 amide bonds. The maximum absolute atomic E-state index is 13.3. The van der Waals surface area contributed by atoms with Crippen molar-refractivity contribution in [2.24, 2.45) is 5.73 Å². The SMILES string of the molecule is NC(=S)c1cc(Cl)ccc1Oc1ccc(Cl)c(F)c1. The molecule has 0 aliphatic heterocycles. The summed E-state index contributed by atoms with van der Waals surface area (Å²) in [6.07, 6.45) is 0. The summed E-state index contributed by atoms with van der Waals surface area (Å²) in [5.41, 5.74) is 6.07. The largest absolute Gasteiger partial charge is 0.457 e. The topological polar surface area (TPSA) is 35.2 Å². The zero-order chi connectivity index (χ0) is 14.0. The van der Waals surface area contributed by atoms with Crippen LogP contribution in [0, 0.1) is 5.82 Å². The van der Waals surface area contributed by atoms with Crippen LogP contribution in [0.15, 0.2) is 36.4 Å². The average Bonchev–Trinajstić information content (AvgIpc) is 2.36. The second-order valence-electron chi connectivity index (χ2n) is 3.68. The lowest BCUT2D eigenvalue weighted by Gasteiger charge is -2.11. The zero-order valence-electron chi connectivity index (χ0n) is 9.49. The molecule has 6 heteroatoms. The maximum atomic E-state index is 13.3. The molecule has 0 heterocycles. The Morgan fingerprint density at radius 1 is 1.16 bits per heavy atom.